The molecule has 3 nitrogen and oxygen atoms in total. The van der Waals surface area contributed by atoms with Crippen LogP contribution in [0.15, 0.2) is 12.7 Å². The molecule has 0 aliphatic heterocycles. The lowest BCUT2D eigenvalue weighted by Crippen LogP contribution is -2.34. The minimum atomic E-state index is -3.90. The Kier molecular flexibility index (Phi) is 2.17. The van der Waals surface area contributed by atoms with Gasteiger partial charge in [-0.25, -0.2) is 0 Å². The minimum Gasteiger partial charge on any atom is -0.390 e. The van der Waals surface area contributed by atoms with E-state index in [1.165, 1.54) is 0 Å². The molecule has 0 saturated heterocycles. The molecular weight excluding hydrogens is 112 g/mol. The molecule has 0 saturated carbocycles. The Balaban J connectivity index is 3.34. The second-order valence-corrected chi connectivity index (χ2v) is 2.80. The molecule has 1 radical (unpaired) electrons. The maximum Gasteiger partial charge on any atom is 0.500 e. The first-order valence-electron chi connectivity index (χ1n) is 1.70. The lowest BCUT2D eigenvalue weighted by atomic mass is 10.8. The zero-order chi connectivity index (χ0) is 5.91. The zero-order valence-electron chi connectivity index (χ0n) is 3.70. The van der Waals surface area contributed by atoms with Crippen molar-refractivity contribution in [3.8, 4) is 0 Å². The Hall–Kier alpha value is -0.163. The van der Waals surface area contributed by atoms with Crippen molar-refractivity contribution < 1.29 is 14.4 Å². The van der Waals surface area contributed by atoms with Crippen LogP contribution in [0.1, 0.15) is 0 Å². The summed E-state index contributed by atoms with van der Waals surface area (Å²) >= 11 is 0. The minimum absolute atomic E-state index is 0.882. The van der Waals surface area contributed by atoms with Crippen molar-refractivity contribution in [2.24, 2.45) is 0 Å². The molecule has 3 N–H and O–H groups in total. The molecule has 0 bridgehead atoms. The zero-order valence-corrected chi connectivity index (χ0v) is 4.70. The van der Waals surface area contributed by atoms with E-state index >= 15 is 0 Å². The highest BCUT2D eigenvalue weighted by Gasteiger charge is 2.23. The molecular formula is C3H7O3Si. The van der Waals surface area contributed by atoms with Gasteiger partial charge in [0.2, 0.25) is 0 Å². The first-order chi connectivity index (χ1) is 3.06. The molecule has 0 heterocycles. The summed E-state index contributed by atoms with van der Waals surface area (Å²) in [5, 5.41) is 0. The Morgan fingerprint density at radius 3 is 1.71 bits per heavy atom. The summed E-state index contributed by atoms with van der Waals surface area (Å²) in [6.45, 7) is 3.15. The summed E-state index contributed by atoms with van der Waals surface area (Å²) in [4.78, 5) is 24.4. The van der Waals surface area contributed by atoms with Crippen LogP contribution in [-0.4, -0.2) is 23.2 Å². The fourth-order valence-electron chi connectivity index (χ4n) is 0.158. The van der Waals surface area contributed by atoms with Crippen LogP contribution in [0.2, 0.25) is 0 Å². The van der Waals surface area contributed by atoms with Crippen molar-refractivity contribution in [1.82, 2.24) is 0 Å². The predicted octanol–water partition coefficient (Wildman–Crippen LogP) is -1.17. The van der Waals surface area contributed by atoms with Gasteiger partial charge < -0.3 is 14.4 Å². The molecule has 0 atom stereocenters. The standard InChI is InChI=1S/C3H7O3Si/c1-2-3-7(4,5)6/h2-6H,1H2. The van der Waals surface area contributed by atoms with Crippen LogP contribution < -0.4 is 0 Å². The van der Waals surface area contributed by atoms with Crippen molar-refractivity contribution in [1.29, 1.82) is 0 Å². The third-order valence-electron chi connectivity index (χ3n) is 0.341. The lowest BCUT2D eigenvalue weighted by Gasteiger charge is -2.02. The SMILES string of the molecule is C=C[CH][Si](O)(O)O. The molecule has 4 heteroatoms. The van der Waals surface area contributed by atoms with E-state index in [0.717, 1.165) is 12.1 Å². The highest BCUT2D eigenvalue weighted by Crippen LogP contribution is 1.89. The van der Waals surface area contributed by atoms with E-state index in [4.69, 9.17) is 14.4 Å². The van der Waals surface area contributed by atoms with Gasteiger partial charge in [0.1, 0.15) is 0 Å². The molecule has 0 rings (SSSR count). The Morgan fingerprint density at radius 2 is 1.71 bits per heavy atom. The summed E-state index contributed by atoms with van der Waals surface area (Å²) in [6.07, 6.45) is 1.15. The van der Waals surface area contributed by atoms with Gasteiger partial charge in [0, 0.05) is 0 Å². The third-order valence-corrected chi connectivity index (χ3v) is 1.02. The topological polar surface area (TPSA) is 60.7 Å². The van der Waals surface area contributed by atoms with E-state index in [2.05, 4.69) is 6.58 Å². The molecule has 41 valence electrons. The van der Waals surface area contributed by atoms with E-state index in [-0.39, 0.29) is 0 Å². The molecule has 0 unspecified atom stereocenters. The molecule has 0 fully saturated rings. The predicted molar refractivity (Wildman–Crippen MR) is 26.9 cm³/mol. The average molecular weight is 119 g/mol. The number of allylic oxidation sites excluding steroid dienone is 1. The maximum absolute atomic E-state index is 8.14. The quantitative estimate of drug-likeness (QED) is 0.401. The first kappa shape index (κ1) is 6.84. The van der Waals surface area contributed by atoms with Crippen molar-refractivity contribution in [2.45, 2.75) is 0 Å². The monoisotopic (exact) mass is 119 g/mol. The molecule has 7 heavy (non-hydrogen) atoms. The second-order valence-electron chi connectivity index (χ2n) is 1.09. The summed E-state index contributed by atoms with van der Waals surface area (Å²) in [5.41, 5.74) is 0. The van der Waals surface area contributed by atoms with Gasteiger partial charge in [0.05, 0.1) is 6.04 Å². The van der Waals surface area contributed by atoms with Crippen LogP contribution in [0, 0.1) is 6.04 Å². The average Bonchev–Trinajstić information content (AvgIpc) is 1.30. The number of hydrogen-bond acceptors (Lipinski definition) is 3. The van der Waals surface area contributed by atoms with E-state index < -0.39 is 8.80 Å². The fourth-order valence-corrected chi connectivity index (χ4v) is 0.474. The van der Waals surface area contributed by atoms with Gasteiger partial charge in [-0.2, -0.15) is 0 Å². The van der Waals surface area contributed by atoms with Gasteiger partial charge in [-0.05, 0) is 0 Å². The van der Waals surface area contributed by atoms with Gasteiger partial charge in [0.25, 0.3) is 0 Å². The van der Waals surface area contributed by atoms with E-state index in [0.29, 0.717) is 0 Å². The van der Waals surface area contributed by atoms with Crippen LogP contribution in [0.25, 0.3) is 0 Å². The molecule has 0 aliphatic carbocycles. The Morgan fingerprint density at radius 1 is 1.29 bits per heavy atom. The second kappa shape index (κ2) is 2.22. The van der Waals surface area contributed by atoms with E-state index in [9.17, 15) is 0 Å². The van der Waals surface area contributed by atoms with Crippen LogP contribution >= 0.6 is 0 Å². The Labute approximate surface area is 42.9 Å². The first-order valence-corrected chi connectivity index (χ1v) is 3.62. The van der Waals surface area contributed by atoms with Crippen LogP contribution in [0.3, 0.4) is 0 Å². The number of rotatable bonds is 2. The van der Waals surface area contributed by atoms with Crippen LogP contribution in [0.5, 0.6) is 0 Å². The molecule has 0 amide bonds. The summed E-state index contributed by atoms with van der Waals surface area (Å²) in [6, 6.07) is 0.882. The molecule has 0 spiro atoms. The maximum atomic E-state index is 8.14. The van der Waals surface area contributed by atoms with Gasteiger partial charge in [0.15, 0.2) is 0 Å². The summed E-state index contributed by atoms with van der Waals surface area (Å²) < 4.78 is 0. The van der Waals surface area contributed by atoms with Crippen molar-refractivity contribution >= 4 is 8.80 Å². The third kappa shape index (κ3) is 5.84. The fraction of sp³-hybridized carbons (Fsp3) is 0. The van der Waals surface area contributed by atoms with Gasteiger partial charge in [-0.1, -0.05) is 6.08 Å². The summed E-state index contributed by atoms with van der Waals surface area (Å²) in [5.74, 6) is 0. The lowest BCUT2D eigenvalue weighted by molar-refractivity contribution is 0.242. The van der Waals surface area contributed by atoms with Gasteiger partial charge in [-0.15, -0.1) is 6.58 Å². The van der Waals surface area contributed by atoms with Crippen molar-refractivity contribution in [3.05, 3.63) is 18.7 Å². The van der Waals surface area contributed by atoms with E-state index in [1.54, 1.807) is 0 Å². The highest BCUT2D eigenvalue weighted by molar-refractivity contribution is 6.60. The molecule has 0 aliphatic rings. The normalized spacial score (nSPS) is 11.3. The molecule has 0 aromatic carbocycles. The molecule has 0 aromatic rings. The van der Waals surface area contributed by atoms with Crippen LogP contribution in [0.4, 0.5) is 0 Å². The Bertz CT molecular complexity index is 65.1. The van der Waals surface area contributed by atoms with E-state index in [1.807, 2.05) is 0 Å². The number of hydrogen-bond donors (Lipinski definition) is 3. The van der Waals surface area contributed by atoms with Crippen molar-refractivity contribution in [2.75, 3.05) is 0 Å². The summed E-state index contributed by atoms with van der Waals surface area (Å²) in [7, 11) is -3.90. The van der Waals surface area contributed by atoms with Gasteiger partial charge in [-0.3, -0.25) is 0 Å². The highest BCUT2D eigenvalue weighted by atomic mass is 28.4. The van der Waals surface area contributed by atoms with Crippen molar-refractivity contribution in [3.63, 3.8) is 0 Å². The smallest absolute Gasteiger partial charge is 0.390 e. The largest absolute Gasteiger partial charge is 0.500 e. The molecule has 0 aromatic heterocycles. The van der Waals surface area contributed by atoms with Gasteiger partial charge >= 0.3 is 8.80 Å². The van der Waals surface area contributed by atoms with Crippen LogP contribution in [-0.2, 0) is 0 Å².